The second-order valence-electron chi connectivity index (χ2n) is 7.32. The Labute approximate surface area is 180 Å². The minimum Gasteiger partial charge on any atom is -0.456 e. The Balaban J connectivity index is 1.61. The molecule has 0 radical (unpaired) electrons. The van der Waals surface area contributed by atoms with Crippen molar-refractivity contribution in [2.75, 3.05) is 6.61 Å². The van der Waals surface area contributed by atoms with Crippen molar-refractivity contribution in [1.29, 1.82) is 0 Å². The second kappa shape index (κ2) is 8.22. The van der Waals surface area contributed by atoms with Crippen LogP contribution in [0.5, 0.6) is 0 Å². The van der Waals surface area contributed by atoms with Crippen LogP contribution in [0.2, 0.25) is 5.02 Å². The van der Waals surface area contributed by atoms with Crippen LogP contribution in [0.1, 0.15) is 23.2 Å². The second-order valence-corrected chi connectivity index (χ2v) is 10.9. The molecule has 1 saturated carbocycles. The predicted octanol–water partition coefficient (Wildman–Crippen LogP) is 4.61. The minimum atomic E-state index is -3.31. The summed E-state index contributed by atoms with van der Waals surface area (Å²) in [5, 5.41) is 0.632. The molecule has 0 amide bonds. The first-order valence-electron chi connectivity index (χ1n) is 9.65. The molecule has 6 heteroatoms. The molecule has 3 aromatic rings. The van der Waals surface area contributed by atoms with Gasteiger partial charge in [-0.3, -0.25) is 9.59 Å². The van der Waals surface area contributed by atoms with Crippen LogP contribution in [0.15, 0.2) is 84.9 Å². The molecule has 0 aromatic heterocycles. The Kier molecular flexibility index (Phi) is 5.64. The molecule has 1 aliphatic rings. The lowest BCUT2D eigenvalue weighted by Crippen LogP contribution is -2.35. The van der Waals surface area contributed by atoms with Crippen molar-refractivity contribution in [3.05, 3.63) is 95.5 Å². The van der Waals surface area contributed by atoms with Gasteiger partial charge in [-0.2, -0.15) is 0 Å². The van der Waals surface area contributed by atoms with Gasteiger partial charge in [0.25, 0.3) is 0 Å². The summed E-state index contributed by atoms with van der Waals surface area (Å²) in [6.45, 7) is -0.397. The zero-order valence-electron chi connectivity index (χ0n) is 16.2. The van der Waals surface area contributed by atoms with Gasteiger partial charge in [-0.25, -0.2) is 0 Å². The summed E-state index contributed by atoms with van der Waals surface area (Å²) in [4.78, 5) is 25.6. The van der Waals surface area contributed by atoms with E-state index in [4.69, 9.17) is 16.3 Å². The highest BCUT2D eigenvalue weighted by Gasteiger charge is 2.65. The van der Waals surface area contributed by atoms with E-state index in [1.807, 2.05) is 36.4 Å². The molecule has 0 aliphatic heterocycles. The fourth-order valence-corrected chi connectivity index (χ4v) is 7.33. The number of ketones is 1. The van der Waals surface area contributed by atoms with Crippen molar-refractivity contribution in [1.82, 2.24) is 0 Å². The number of halogens is 1. The van der Waals surface area contributed by atoms with Gasteiger partial charge in [-0.1, -0.05) is 72.3 Å². The molecule has 3 aromatic carbocycles. The summed E-state index contributed by atoms with van der Waals surface area (Å²) in [5.41, 5.74) is 0.409. The molecular formula is C24H20ClO4P. The zero-order chi connectivity index (χ0) is 21.2. The maximum Gasteiger partial charge on any atom is 0.320 e. The van der Waals surface area contributed by atoms with Gasteiger partial charge in [-0.05, 0) is 37.1 Å². The number of carbonyl (C=O) groups is 2. The van der Waals surface area contributed by atoms with E-state index in [1.54, 1.807) is 48.5 Å². The number of Topliss-reactive ketones (excluding diaryl/α,β-unsaturated/α-hetero) is 1. The first-order valence-corrected chi connectivity index (χ1v) is 11.7. The molecule has 0 saturated heterocycles. The Morgan fingerprint density at radius 2 is 1.33 bits per heavy atom. The Morgan fingerprint density at radius 3 is 1.80 bits per heavy atom. The average molecular weight is 439 g/mol. The Hall–Kier alpha value is -2.68. The lowest BCUT2D eigenvalue weighted by atomic mass is 10.1. The Morgan fingerprint density at radius 1 is 0.833 bits per heavy atom. The summed E-state index contributed by atoms with van der Waals surface area (Å²) in [6.07, 6.45) is 0.921. The molecule has 0 N–H and O–H groups in total. The topological polar surface area (TPSA) is 60.4 Å². The van der Waals surface area contributed by atoms with Gasteiger partial charge in [0.1, 0.15) is 5.16 Å². The first-order chi connectivity index (χ1) is 14.5. The van der Waals surface area contributed by atoms with Gasteiger partial charge in [0, 0.05) is 21.2 Å². The number of rotatable bonds is 7. The van der Waals surface area contributed by atoms with Crippen molar-refractivity contribution < 1.29 is 18.9 Å². The number of hydrogen-bond acceptors (Lipinski definition) is 4. The first kappa shape index (κ1) is 20.6. The van der Waals surface area contributed by atoms with Crippen molar-refractivity contribution in [2.45, 2.75) is 18.0 Å². The van der Waals surface area contributed by atoms with E-state index in [0.717, 1.165) is 0 Å². The Bertz CT molecular complexity index is 1060. The van der Waals surface area contributed by atoms with Gasteiger partial charge >= 0.3 is 5.97 Å². The normalized spacial score (nSPS) is 14.7. The van der Waals surface area contributed by atoms with E-state index in [2.05, 4.69) is 0 Å². The maximum absolute atomic E-state index is 14.5. The van der Waals surface area contributed by atoms with E-state index in [1.165, 1.54) is 0 Å². The van der Waals surface area contributed by atoms with Crippen LogP contribution in [-0.4, -0.2) is 23.5 Å². The molecule has 4 nitrogen and oxygen atoms in total. The number of ether oxygens (including phenoxy) is 1. The number of carbonyl (C=O) groups excluding carboxylic acids is 2. The molecule has 0 heterocycles. The average Bonchev–Trinajstić information content (AvgIpc) is 3.61. The summed E-state index contributed by atoms with van der Waals surface area (Å²) < 4.78 is 19.9. The minimum absolute atomic E-state index is 0.329. The van der Waals surface area contributed by atoms with Gasteiger partial charge < -0.3 is 9.30 Å². The molecule has 30 heavy (non-hydrogen) atoms. The standard InChI is InChI=1S/C24H20ClO4P/c25-19-13-11-18(12-14-19)22(26)17-29-23(27)24(15-16-24)30(28,20-7-3-1-4-8-20)21-9-5-2-6-10-21/h1-14H,15-17H2. The molecule has 0 unspecified atom stereocenters. The molecule has 152 valence electrons. The van der Waals surface area contributed by atoms with Crippen LogP contribution < -0.4 is 10.6 Å². The van der Waals surface area contributed by atoms with Crippen LogP contribution in [0, 0.1) is 0 Å². The molecule has 0 spiro atoms. The zero-order valence-corrected chi connectivity index (χ0v) is 17.8. The van der Waals surface area contributed by atoms with Crippen LogP contribution >= 0.6 is 18.7 Å². The van der Waals surface area contributed by atoms with Crippen molar-refractivity contribution in [3.8, 4) is 0 Å². The fourth-order valence-electron chi connectivity index (χ4n) is 3.67. The predicted molar refractivity (Wildman–Crippen MR) is 118 cm³/mol. The molecule has 1 aliphatic carbocycles. The molecule has 0 atom stereocenters. The van der Waals surface area contributed by atoms with E-state index in [-0.39, 0.29) is 5.78 Å². The quantitative estimate of drug-likeness (QED) is 0.307. The van der Waals surface area contributed by atoms with E-state index >= 15 is 0 Å². The number of hydrogen-bond donors (Lipinski definition) is 0. The third-order valence-corrected chi connectivity index (χ3v) is 9.58. The third-order valence-electron chi connectivity index (χ3n) is 5.45. The molecule has 4 rings (SSSR count). The van der Waals surface area contributed by atoms with Crippen molar-refractivity contribution >= 4 is 41.1 Å². The molecular weight excluding hydrogens is 419 g/mol. The number of esters is 1. The molecule has 1 fully saturated rings. The van der Waals surface area contributed by atoms with E-state index < -0.39 is 24.9 Å². The smallest absolute Gasteiger partial charge is 0.320 e. The summed E-state index contributed by atoms with van der Waals surface area (Å²) in [7, 11) is -3.31. The summed E-state index contributed by atoms with van der Waals surface area (Å²) in [5.74, 6) is -0.911. The lowest BCUT2D eigenvalue weighted by molar-refractivity contribution is -0.142. The third kappa shape index (κ3) is 3.62. The van der Waals surface area contributed by atoms with Crippen molar-refractivity contribution in [3.63, 3.8) is 0 Å². The largest absolute Gasteiger partial charge is 0.456 e. The number of benzene rings is 3. The molecule has 0 bridgehead atoms. The van der Waals surface area contributed by atoms with Crippen LogP contribution in [0.3, 0.4) is 0 Å². The van der Waals surface area contributed by atoms with Crippen molar-refractivity contribution in [2.24, 2.45) is 0 Å². The lowest BCUT2D eigenvalue weighted by Gasteiger charge is -2.27. The highest BCUT2D eigenvalue weighted by molar-refractivity contribution is 7.81. The maximum atomic E-state index is 14.5. The van der Waals surface area contributed by atoms with Gasteiger partial charge in [0.05, 0.1) is 0 Å². The highest BCUT2D eigenvalue weighted by Crippen LogP contribution is 2.68. The fraction of sp³-hybridized carbons (Fsp3) is 0.167. The highest BCUT2D eigenvalue weighted by atomic mass is 35.5. The van der Waals surface area contributed by atoms with Crippen LogP contribution in [0.4, 0.5) is 0 Å². The van der Waals surface area contributed by atoms with Gasteiger partial charge in [-0.15, -0.1) is 0 Å². The summed E-state index contributed by atoms with van der Waals surface area (Å²) >= 11 is 5.85. The van der Waals surface area contributed by atoms with Crippen LogP contribution in [0.25, 0.3) is 0 Å². The monoisotopic (exact) mass is 438 g/mol. The SMILES string of the molecule is O=C(COC(=O)C1(P(=O)(c2ccccc2)c2ccccc2)CC1)c1ccc(Cl)cc1. The van der Waals surface area contributed by atoms with E-state index in [0.29, 0.717) is 34.0 Å². The van der Waals surface area contributed by atoms with E-state index in [9.17, 15) is 14.2 Å². The van der Waals surface area contributed by atoms with Gasteiger partial charge in [0.2, 0.25) is 0 Å². The van der Waals surface area contributed by atoms with Gasteiger partial charge in [0.15, 0.2) is 19.5 Å². The van der Waals surface area contributed by atoms with Crippen LogP contribution in [-0.2, 0) is 14.1 Å². The summed E-state index contributed by atoms with van der Waals surface area (Å²) in [6, 6.07) is 24.5.